The van der Waals surface area contributed by atoms with Gasteiger partial charge in [0.2, 0.25) is 0 Å². The lowest BCUT2D eigenvalue weighted by Gasteiger charge is -2.35. The lowest BCUT2D eigenvalue weighted by molar-refractivity contribution is -0.0107. The van der Waals surface area contributed by atoms with Crippen LogP contribution in [0.2, 0.25) is 0 Å². The van der Waals surface area contributed by atoms with Crippen molar-refractivity contribution < 1.29 is 13.9 Å². The zero-order chi connectivity index (χ0) is 13.7. The predicted molar refractivity (Wildman–Crippen MR) is 71.9 cm³/mol. The summed E-state index contributed by atoms with van der Waals surface area (Å²) in [6.07, 6.45) is 0. The maximum absolute atomic E-state index is 14.0. The molecular weight excluding hydrogens is 247 g/mol. The van der Waals surface area contributed by atoms with Crippen molar-refractivity contribution in [1.29, 1.82) is 0 Å². The third-order valence-electron chi connectivity index (χ3n) is 3.42. The van der Waals surface area contributed by atoms with Crippen molar-refractivity contribution in [3.63, 3.8) is 0 Å². The summed E-state index contributed by atoms with van der Waals surface area (Å²) in [5.41, 5.74) is 0.698. The van der Waals surface area contributed by atoms with Gasteiger partial charge in [-0.2, -0.15) is 0 Å². The molecule has 1 unspecified atom stereocenters. The second kappa shape index (κ2) is 6.84. The molecule has 0 bridgehead atoms. The van der Waals surface area contributed by atoms with E-state index < -0.39 is 0 Å². The zero-order valence-electron chi connectivity index (χ0n) is 11.5. The molecule has 1 fully saturated rings. The van der Waals surface area contributed by atoms with Crippen molar-refractivity contribution in [2.24, 2.45) is 0 Å². The second-order valence-corrected chi connectivity index (χ2v) is 4.71. The van der Waals surface area contributed by atoms with Crippen molar-refractivity contribution in [2.75, 3.05) is 40.5 Å². The molecule has 0 aliphatic carbocycles. The number of halogens is 1. The Labute approximate surface area is 113 Å². The Balaban J connectivity index is 2.06. The van der Waals surface area contributed by atoms with Crippen LogP contribution in [0.3, 0.4) is 0 Å². The molecule has 1 heterocycles. The van der Waals surface area contributed by atoms with E-state index in [2.05, 4.69) is 10.2 Å². The summed E-state index contributed by atoms with van der Waals surface area (Å²) in [5.74, 6) is 0.337. The molecule has 106 valence electrons. The Morgan fingerprint density at radius 2 is 2.37 bits per heavy atom. The van der Waals surface area contributed by atoms with E-state index >= 15 is 0 Å². The molecular formula is C14H21FN2O2. The van der Waals surface area contributed by atoms with E-state index in [1.54, 1.807) is 19.2 Å². The lowest BCUT2D eigenvalue weighted by Crippen LogP contribution is -2.49. The highest BCUT2D eigenvalue weighted by molar-refractivity contribution is 5.28. The molecule has 0 radical (unpaired) electrons. The topological polar surface area (TPSA) is 33.7 Å². The van der Waals surface area contributed by atoms with E-state index in [1.807, 2.05) is 7.05 Å². The van der Waals surface area contributed by atoms with Crippen LogP contribution in [0.1, 0.15) is 5.56 Å². The normalized spacial score (nSPS) is 20.5. The molecule has 2 rings (SSSR count). The molecule has 0 saturated carbocycles. The zero-order valence-corrected chi connectivity index (χ0v) is 11.5. The molecule has 4 nitrogen and oxygen atoms in total. The summed E-state index contributed by atoms with van der Waals surface area (Å²) in [6.45, 7) is 3.68. The van der Waals surface area contributed by atoms with E-state index in [0.29, 0.717) is 37.1 Å². The first-order valence-corrected chi connectivity index (χ1v) is 6.53. The highest BCUT2D eigenvalue weighted by Gasteiger charge is 2.23. The van der Waals surface area contributed by atoms with E-state index in [9.17, 15) is 4.39 Å². The van der Waals surface area contributed by atoms with Crippen LogP contribution in [0, 0.1) is 5.82 Å². The van der Waals surface area contributed by atoms with Crippen LogP contribution in [0.5, 0.6) is 5.75 Å². The molecule has 1 aromatic rings. The summed E-state index contributed by atoms with van der Waals surface area (Å²) in [7, 11) is 3.46. The van der Waals surface area contributed by atoms with Gasteiger partial charge in [0.15, 0.2) is 0 Å². The molecule has 1 atom stereocenters. The highest BCUT2D eigenvalue weighted by Crippen LogP contribution is 2.19. The number of hydrogen-bond acceptors (Lipinski definition) is 4. The first-order valence-electron chi connectivity index (χ1n) is 6.53. The van der Waals surface area contributed by atoms with Crippen molar-refractivity contribution in [2.45, 2.75) is 12.6 Å². The van der Waals surface area contributed by atoms with Crippen LogP contribution >= 0.6 is 0 Å². The minimum atomic E-state index is -0.214. The fourth-order valence-electron chi connectivity index (χ4n) is 2.32. The van der Waals surface area contributed by atoms with Gasteiger partial charge in [-0.05, 0) is 13.1 Å². The third kappa shape index (κ3) is 3.65. The third-order valence-corrected chi connectivity index (χ3v) is 3.42. The number of rotatable bonds is 5. The summed E-state index contributed by atoms with van der Waals surface area (Å²) in [4.78, 5) is 2.25. The number of benzene rings is 1. The quantitative estimate of drug-likeness (QED) is 0.871. The summed E-state index contributed by atoms with van der Waals surface area (Å²) >= 11 is 0. The van der Waals surface area contributed by atoms with Crippen LogP contribution in [0.25, 0.3) is 0 Å². The fourth-order valence-corrected chi connectivity index (χ4v) is 2.32. The average Bonchev–Trinajstić information content (AvgIpc) is 2.43. The first kappa shape index (κ1) is 14.2. The van der Waals surface area contributed by atoms with Gasteiger partial charge in [0, 0.05) is 37.3 Å². The first-order chi connectivity index (χ1) is 9.24. The molecule has 0 aromatic heterocycles. The fraction of sp³-hybridized carbons (Fsp3) is 0.571. The lowest BCUT2D eigenvalue weighted by atomic mass is 10.1. The van der Waals surface area contributed by atoms with Gasteiger partial charge in [-0.25, -0.2) is 4.39 Å². The van der Waals surface area contributed by atoms with Crippen molar-refractivity contribution in [1.82, 2.24) is 10.2 Å². The predicted octanol–water partition coefficient (Wildman–Crippen LogP) is 1.25. The minimum absolute atomic E-state index is 0.214. The van der Waals surface area contributed by atoms with Crippen molar-refractivity contribution >= 4 is 0 Å². The van der Waals surface area contributed by atoms with Gasteiger partial charge in [-0.3, -0.25) is 4.90 Å². The van der Waals surface area contributed by atoms with Gasteiger partial charge in [-0.15, -0.1) is 0 Å². The maximum Gasteiger partial charge on any atom is 0.131 e. The molecule has 5 heteroatoms. The number of nitrogens with zero attached hydrogens (tertiary/aromatic N) is 1. The molecule has 1 aliphatic rings. The Morgan fingerprint density at radius 1 is 1.53 bits per heavy atom. The largest absolute Gasteiger partial charge is 0.497 e. The monoisotopic (exact) mass is 268 g/mol. The van der Waals surface area contributed by atoms with Gasteiger partial charge >= 0.3 is 0 Å². The van der Waals surface area contributed by atoms with Gasteiger partial charge in [-0.1, -0.05) is 6.07 Å². The Morgan fingerprint density at radius 3 is 3.05 bits per heavy atom. The van der Waals surface area contributed by atoms with Crippen LogP contribution in [-0.4, -0.2) is 51.4 Å². The number of ether oxygens (including phenoxy) is 2. The highest BCUT2D eigenvalue weighted by atomic mass is 19.1. The van der Waals surface area contributed by atoms with Crippen LogP contribution in [0.15, 0.2) is 18.2 Å². The number of methoxy groups -OCH3 is 1. The van der Waals surface area contributed by atoms with Gasteiger partial charge in [0.25, 0.3) is 0 Å². The van der Waals surface area contributed by atoms with Crippen molar-refractivity contribution in [3.05, 3.63) is 29.6 Å². The molecule has 1 aromatic carbocycles. The van der Waals surface area contributed by atoms with Gasteiger partial charge < -0.3 is 14.8 Å². The SMILES string of the molecule is CNCC1COCCN1Cc1ccc(OC)cc1F. The summed E-state index contributed by atoms with van der Waals surface area (Å²) in [5, 5.41) is 3.15. The van der Waals surface area contributed by atoms with Gasteiger partial charge in [0.1, 0.15) is 11.6 Å². The number of likely N-dealkylation sites (N-methyl/N-ethyl adjacent to an activating group) is 1. The van der Waals surface area contributed by atoms with Crippen molar-refractivity contribution in [3.8, 4) is 5.75 Å². The Kier molecular flexibility index (Phi) is 5.13. The molecule has 0 spiro atoms. The van der Waals surface area contributed by atoms with Crippen LogP contribution in [-0.2, 0) is 11.3 Å². The van der Waals surface area contributed by atoms with E-state index in [0.717, 1.165) is 13.1 Å². The van der Waals surface area contributed by atoms with E-state index in [-0.39, 0.29) is 5.82 Å². The Bertz CT molecular complexity index is 412. The average molecular weight is 268 g/mol. The summed E-state index contributed by atoms with van der Waals surface area (Å²) < 4.78 is 24.4. The van der Waals surface area contributed by atoms with Crippen LogP contribution in [0.4, 0.5) is 4.39 Å². The molecule has 0 amide bonds. The summed E-state index contributed by atoms with van der Waals surface area (Å²) in [6, 6.07) is 5.31. The second-order valence-electron chi connectivity index (χ2n) is 4.71. The Hall–Kier alpha value is -1.17. The van der Waals surface area contributed by atoms with E-state index in [4.69, 9.17) is 9.47 Å². The molecule has 19 heavy (non-hydrogen) atoms. The number of nitrogens with one attached hydrogen (secondary N) is 1. The number of morpholine rings is 1. The molecule has 1 N–H and O–H groups in total. The minimum Gasteiger partial charge on any atom is -0.497 e. The smallest absolute Gasteiger partial charge is 0.131 e. The van der Waals surface area contributed by atoms with Gasteiger partial charge in [0.05, 0.1) is 20.3 Å². The number of hydrogen-bond donors (Lipinski definition) is 1. The standard InChI is InChI=1S/C14H21FN2O2/c1-16-8-12-10-19-6-5-17(12)9-11-3-4-13(18-2)7-14(11)15/h3-4,7,12,16H,5-6,8-10H2,1-2H3. The van der Waals surface area contributed by atoms with E-state index in [1.165, 1.54) is 6.07 Å². The van der Waals surface area contributed by atoms with Crippen LogP contribution < -0.4 is 10.1 Å². The molecule has 1 saturated heterocycles. The maximum atomic E-state index is 14.0. The molecule has 1 aliphatic heterocycles.